The molecule has 0 spiro atoms. The van der Waals surface area contributed by atoms with Gasteiger partial charge in [0.05, 0.1) is 11.4 Å². The van der Waals surface area contributed by atoms with Crippen LogP contribution in [0.1, 0.15) is 11.4 Å². The molecule has 0 aliphatic heterocycles. The molecule has 0 aliphatic rings. The van der Waals surface area contributed by atoms with Crippen molar-refractivity contribution in [2.24, 2.45) is 0 Å². The average Bonchev–Trinajstić information content (AvgIpc) is 2.09. The third-order valence-electron chi connectivity index (χ3n) is 1.68. The van der Waals surface area contributed by atoms with Crippen LogP contribution in [0.25, 0.3) is 0 Å². The van der Waals surface area contributed by atoms with E-state index in [4.69, 9.17) is 0 Å². The first-order valence-electron chi connectivity index (χ1n) is 4.04. The number of aryl methyl sites for hydroxylation is 2. The maximum absolute atomic E-state index is 11.9. The van der Waals surface area contributed by atoms with Crippen molar-refractivity contribution < 1.29 is 13.6 Å². The zero-order chi connectivity index (χ0) is 10.7. The zero-order valence-corrected chi connectivity index (χ0v) is 7.84. The Morgan fingerprint density at radius 2 is 2.07 bits per heavy atom. The van der Waals surface area contributed by atoms with Gasteiger partial charge in [0.2, 0.25) is 0 Å². The van der Waals surface area contributed by atoms with E-state index >= 15 is 0 Å². The molecule has 1 rings (SSSR count). The van der Waals surface area contributed by atoms with Crippen LogP contribution in [0.4, 0.5) is 14.5 Å². The second-order valence-corrected chi connectivity index (χ2v) is 2.88. The molecule has 0 unspecified atom stereocenters. The quantitative estimate of drug-likeness (QED) is 0.792. The minimum absolute atomic E-state index is 0.320. The van der Waals surface area contributed by atoms with Crippen LogP contribution in [0.5, 0.6) is 0 Å². The van der Waals surface area contributed by atoms with E-state index in [1.165, 1.54) is 0 Å². The van der Waals surface area contributed by atoms with Crippen LogP contribution in [0.15, 0.2) is 12.1 Å². The molecular weight excluding hydrogens is 190 g/mol. The SMILES string of the molecule is Cc1ccc(NC(=O)C(F)F)c(C)n1. The normalized spacial score (nSPS) is 10.4. The van der Waals surface area contributed by atoms with Crippen molar-refractivity contribution in [2.75, 3.05) is 5.32 Å². The van der Waals surface area contributed by atoms with E-state index in [-0.39, 0.29) is 0 Å². The summed E-state index contributed by atoms with van der Waals surface area (Å²) in [5.41, 5.74) is 1.62. The third-order valence-corrected chi connectivity index (χ3v) is 1.68. The van der Waals surface area contributed by atoms with Crippen molar-refractivity contribution in [3.8, 4) is 0 Å². The molecule has 0 atom stereocenters. The maximum atomic E-state index is 11.9. The largest absolute Gasteiger partial charge is 0.319 e. The van der Waals surface area contributed by atoms with Crippen molar-refractivity contribution in [1.29, 1.82) is 0 Å². The summed E-state index contributed by atoms with van der Waals surface area (Å²) >= 11 is 0. The molecule has 0 saturated heterocycles. The number of amides is 1. The lowest BCUT2D eigenvalue weighted by Gasteiger charge is -2.07. The van der Waals surface area contributed by atoms with Gasteiger partial charge in [-0.3, -0.25) is 9.78 Å². The fourth-order valence-corrected chi connectivity index (χ4v) is 1.01. The summed E-state index contributed by atoms with van der Waals surface area (Å²) in [7, 11) is 0. The summed E-state index contributed by atoms with van der Waals surface area (Å²) in [5.74, 6) is -1.31. The molecule has 0 bridgehead atoms. The zero-order valence-electron chi connectivity index (χ0n) is 7.84. The van der Waals surface area contributed by atoms with Gasteiger partial charge in [-0.05, 0) is 26.0 Å². The van der Waals surface area contributed by atoms with Gasteiger partial charge in [0.15, 0.2) is 0 Å². The van der Waals surface area contributed by atoms with Gasteiger partial charge >= 0.3 is 6.43 Å². The molecule has 3 nitrogen and oxygen atoms in total. The number of nitrogens with zero attached hydrogens (tertiary/aromatic N) is 1. The van der Waals surface area contributed by atoms with Crippen LogP contribution in [0.3, 0.4) is 0 Å². The Balaban J connectivity index is 2.82. The highest BCUT2D eigenvalue weighted by molar-refractivity contribution is 5.93. The Morgan fingerprint density at radius 1 is 1.43 bits per heavy atom. The molecule has 0 saturated carbocycles. The summed E-state index contributed by atoms with van der Waals surface area (Å²) < 4.78 is 23.8. The van der Waals surface area contributed by atoms with Crippen molar-refractivity contribution in [3.63, 3.8) is 0 Å². The predicted molar refractivity (Wildman–Crippen MR) is 48.3 cm³/mol. The molecular formula is C9H10F2N2O. The highest BCUT2D eigenvalue weighted by atomic mass is 19.3. The van der Waals surface area contributed by atoms with Crippen LogP contribution in [0, 0.1) is 13.8 Å². The number of pyridine rings is 1. The van der Waals surface area contributed by atoms with Gasteiger partial charge in [-0.2, -0.15) is 8.78 Å². The molecule has 1 heterocycles. The highest BCUT2D eigenvalue weighted by Crippen LogP contribution is 2.13. The van der Waals surface area contributed by atoms with Crippen LogP contribution >= 0.6 is 0 Å². The number of rotatable bonds is 2. The second-order valence-electron chi connectivity index (χ2n) is 2.88. The number of anilines is 1. The second kappa shape index (κ2) is 4.13. The molecule has 0 radical (unpaired) electrons. The first-order valence-corrected chi connectivity index (χ1v) is 4.04. The van der Waals surface area contributed by atoms with Gasteiger partial charge in [-0.15, -0.1) is 0 Å². The molecule has 0 fully saturated rings. The van der Waals surface area contributed by atoms with Crippen LogP contribution in [-0.4, -0.2) is 17.3 Å². The molecule has 1 aromatic rings. The Morgan fingerprint density at radius 3 is 2.57 bits per heavy atom. The van der Waals surface area contributed by atoms with Gasteiger partial charge in [0.1, 0.15) is 0 Å². The van der Waals surface area contributed by atoms with Crippen molar-refractivity contribution in [2.45, 2.75) is 20.3 Å². The first kappa shape index (κ1) is 10.6. The van der Waals surface area contributed by atoms with E-state index < -0.39 is 12.3 Å². The predicted octanol–water partition coefficient (Wildman–Crippen LogP) is 1.90. The van der Waals surface area contributed by atoms with Crippen molar-refractivity contribution >= 4 is 11.6 Å². The lowest BCUT2D eigenvalue weighted by atomic mass is 10.3. The van der Waals surface area contributed by atoms with Crippen LogP contribution in [-0.2, 0) is 4.79 Å². The monoisotopic (exact) mass is 200 g/mol. The van der Waals surface area contributed by atoms with Gasteiger partial charge in [0, 0.05) is 5.69 Å². The number of aromatic nitrogens is 1. The summed E-state index contributed by atoms with van der Waals surface area (Å²) in [4.78, 5) is 14.7. The summed E-state index contributed by atoms with van der Waals surface area (Å²) in [6, 6.07) is 3.20. The van der Waals surface area contributed by atoms with Gasteiger partial charge in [-0.1, -0.05) is 0 Å². The van der Waals surface area contributed by atoms with Gasteiger partial charge in [-0.25, -0.2) is 0 Å². The minimum Gasteiger partial charge on any atom is -0.319 e. The number of carbonyl (C=O) groups is 1. The molecule has 0 aliphatic carbocycles. The number of hydrogen-bond acceptors (Lipinski definition) is 2. The Kier molecular flexibility index (Phi) is 3.11. The number of nitrogens with one attached hydrogen (secondary N) is 1. The van der Waals surface area contributed by atoms with Gasteiger partial charge < -0.3 is 5.32 Å². The molecule has 76 valence electrons. The third kappa shape index (κ3) is 2.48. The molecule has 1 aromatic heterocycles. The number of carbonyl (C=O) groups excluding carboxylic acids is 1. The average molecular weight is 200 g/mol. The molecule has 1 N–H and O–H groups in total. The summed E-state index contributed by atoms with van der Waals surface area (Å²) in [6.07, 6.45) is -3.00. The smallest absolute Gasteiger partial charge is 0.315 e. The van der Waals surface area contributed by atoms with Crippen molar-refractivity contribution in [1.82, 2.24) is 4.98 Å². The summed E-state index contributed by atoms with van der Waals surface area (Å²) in [6.45, 7) is 3.43. The Hall–Kier alpha value is -1.52. The van der Waals surface area contributed by atoms with Crippen LogP contribution < -0.4 is 5.32 Å². The molecule has 5 heteroatoms. The highest BCUT2D eigenvalue weighted by Gasteiger charge is 2.15. The molecule has 14 heavy (non-hydrogen) atoms. The summed E-state index contributed by atoms with van der Waals surface area (Å²) in [5, 5.41) is 2.09. The standard InChI is InChI=1S/C9H10F2N2O/c1-5-3-4-7(6(2)12-5)13-9(14)8(10)11/h3-4,8H,1-2H3,(H,13,14). The lowest BCUT2D eigenvalue weighted by molar-refractivity contribution is -0.126. The lowest BCUT2D eigenvalue weighted by Crippen LogP contribution is -2.20. The molecule has 1 amide bonds. The topological polar surface area (TPSA) is 42.0 Å². The van der Waals surface area contributed by atoms with Crippen LogP contribution in [0.2, 0.25) is 0 Å². The first-order chi connectivity index (χ1) is 6.50. The number of hydrogen-bond donors (Lipinski definition) is 1. The van der Waals surface area contributed by atoms with E-state index in [9.17, 15) is 13.6 Å². The fraction of sp³-hybridized carbons (Fsp3) is 0.333. The van der Waals surface area contributed by atoms with Crippen molar-refractivity contribution in [3.05, 3.63) is 23.5 Å². The van der Waals surface area contributed by atoms with E-state index in [2.05, 4.69) is 10.3 Å². The van der Waals surface area contributed by atoms with Gasteiger partial charge in [0.25, 0.3) is 5.91 Å². The fourth-order valence-electron chi connectivity index (χ4n) is 1.01. The maximum Gasteiger partial charge on any atom is 0.315 e. The Bertz CT molecular complexity index is 353. The number of halogens is 2. The van der Waals surface area contributed by atoms with E-state index in [0.717, 1.165) is 5.69 Å². The molecule has 0 aromatic carbocycles. The number of alkyl halides is 2. The van der Waals surface area contributed by atoms with E-state index in [1.54, 1.807) is 26.0 Å². The minimum atomic E-state index is -3.00. The Labute approximate surface area is 80.2 Å². The van der Waals surface area contributed by atoms with E-state index in [0.29, 0.717) is 11.4 Å². The van der Waals surface area contributed by atoms with E-state index in [1.807, 2.05) is 0 Å².